The highest BCUT2D eigenvalue weighted by Crippen LogP contribution is 1.95. The quantitative estimate of drug-likeness (QED) is 0.549. The molecule has 0 aliphatic carbocycles. The molecule has 4 heteroatoms. The monoisotopic (exact) mass is 188 g/mol. The Kier molecular flexibility index (Phi) is 6.54. The molecular formula is C9H20N2O2. The van der Waals surface area contributed by atoms with Crippen LogP contribution >= 0.6 is 0 Å². The highest BCUT2D eigenvalue weighted by atomic mass is 16.3. The molecule has 0 aromatic rings. The lowest BCUT2D eigenvalue weighted by Crippen LogP contribution is -2.44. The van der Waals surface area contributed by atoms with Crippen molar-refractivity contribution in [3.8, 4) is 0 Å². The molecular weight excluding hydrogens is 168 g/mol. The topological polar surface area (TPSA) is 75.4 Å². The Labute approximate surface area is 79.5 Å². The molecule has 4 nitrogen and oxygen atoms in total. The summed E-state index contributed by atoms with van der Waals surface area (Å²) in [6, 6.07) is -0.411. The van der Waals surface area contributed by atoms with E-state index in [1.807, 2.05) is 13.8 Å². The Bertz CT molecular complexity index is 151. The van der Waals surface area contributed by atoms with Gasteiger partial charge in [0, 0.05) is 12.6 Å². The van der Waals surface area contributed by atoms with E-state index in [1.165, 1.54) is 0 Å². The number of carbonyl (C=O) groups excluding carboxylic acids is 1. The van der Waals surface area contributed by atoms with Crippen molar-refractivity contribution in [3.05, 3.63) is 0 Å². The minimum atomic E-state index is -0.411. The van der Waals surface area contributed by atoms with Crippen LogP contribution in [0, 0.1) is 0 Å². The van der Waals surface area contributed by atoms with Crippen LogP contribution in [0.25, 0.3) is 0 Å². The van der Waals surface area contributed by atoms with Gasteiger partial charge in [-0.25, -0.2) is 0 Å². The van der Waals surface area contributed by atoms with Gasteiger partial charge in [0.05, 0.1) is 6.04 Å². The highest BCUT2D eigenvalue weighted by molar-refractivity contribution is 5.81. The predicted molar refractivity (Wildman–Crippen MR) is 52.2 cm³/mol. The van der Waals surface area contributed by atoms with E-state index in [4.69, 9.17) is 10.8 Å². The van der Waals surface area contributed by atoms with Gasteiger partial charge in [-0.3, -0.25) is 4.79 Å². The van der Waals surface area contributed by atoms with E-state index < -0.39 is 6.04 Å². The Morgan fingerprint density at radius 3 is 2.62 bits per heavy atom. The first-order valence-corrected chi connectivity index (χ1v) is 4.78. The molecule has 1 unspecified atom stereocenters. The zero-order chi connectivity index (χ0) is 10.3. The smallest absolute Gasteiger partial charge is 0.237 e. The molecule has 0 bridgehead atoms. The molecule has 2 atom stereocenters. The molecule has 4 N–H and O–H groups in total. The number of hydrogen-bond acceptors (Lipinski definition) is 3. The maximum absolute atomic E-state index is 11.3. The lowest BCUT2D eigenvalue weighted by atomic mass is 10.1. The summed E-state index contributed by atoms with van der Waals surface area (Å²) >= 11 is 0. The Morgan fingerprint density at radius 1 is 1.54 bits per heavy atom. The SMILES string of the molecule is CCC[C@@H](N)C(=O)NC(C)CCO. The number of rotatable bonds is 6. The van der Waals surface area contributed by atoms with Crippen molar-refractivity contribution in [1.29, 1.82) is 0 Å². The van der Waals surface area contributed by atoms with Gasteiger partial charge in [-0.2, -0.15) is 0 Å². The first-order valence-electron chi connectivity index (χ1n) is 4.78. The number of aliphatic hydroxyl groups is 1. The predicted octanol–water partition coefficient (Wildman–Crippen LogP) is 0.000900. The highest BCUT2D eigenvalue weighted by Gasteiger charge is 2.13. The van der Waals surface area contributed by atoms with E-state index in [0.717, 1.165) is 6.42 Å². The van der Waals surface area contributed by atoms with Gasteiger partial charge < -0.3 is 16.2 Å². The van der Waals surface area contributed by atoms with Gasteiger partial charge >= 0.3 is 0 Å². The van der Waals surface area contributed by atoms with Crippen LogP contribution in [0.1, 0.15) is 33.1 Å². The van der Waals surface area contributed by atoms with Crippen molar-refractivity contribution in [3.63, 3.8) is 0 Å². The summed E-state index contributed by atoms with van der Waals surface area (Å²) in [5, 5.41) is 11.4. The van der Waals surface area contributed by atoms with E-state index in [1.54, 1.807) is 0 Å². The molecule has 0 rings (SSSR count). The first-order chi connectivity index (χ1) is 6.11. The fraction of sp³-hybridized carbons (Fsp3) is 0.889. The van der Waals surface area contributed by atoms with Crippen LogP contribution in [0.3, 0.4) is 0 Å². The lowest BCUT2D eigenvalue weighted by molar-refractivity contribution is -0.123. The van der Waals surface area contributed by atoms with Crippen LogP contribution in [0.5, 0.6) is 0 Å². The molecule has 0 radical (unpaired) electrons. The van der Waals surface area contributed by atoms with Crippen LogP contribution in [-0.4, -0.2) is 29.7 Å². The summed E-state index contributed by atoms with van der Waals surface area (Å²) in [5.74, 6) is -0.122. The fourth-order valence-corrected chi connectivity index (χ4v) is 1.06. The van der Waals surface area contributed by atoms with Gasteiger partial charge in [0.15, 0.2) is 0 Å². The minimum absolute atomic E-state index is 0.000376. The van der Waals surface area contributed by atoms with Crippen LogP contribution in [-0.2, 0) is 4.79 Å². The Morgan fingerprint density at radius 2 is 2.15 bits per heavy atom. The molecule has 0 saturated carbocycles. The van der Waals surface area contributed by atoms with E-state index in [2.05, 4.69) is 5.32 Å². The van der Waals surface area contributed by atoms with E-state index in [0.29, 0.717) is 12.8 Å². The third-order valence-corrected chi connectivity index (χ3v) is 1.89. The number of hydrogen-bond donors (Lipinski definition) is 3. The van der Waals surface area contributed by atoms with Gasteiger partial charge in [0.1, 0.15) is 0 Å². The van der Waals surface area contributed by atoms with Gasteiger partial charge in [0.2, 0.25) is 5.91 Å². The molecule has 0 aromatic heterocycles. The molecule has 78 valence electrons. The largest absolute Gasteiger partial charge is 0.396 e. The second-order valence-electron chi connectivity index (χ2n) is 3.32. The summed E-state index contributed by atoms with van der Waals surface area (Å²) in [5.41, 5.74) is 5.60. The Hall–Kier alpha value is -0.610. The van der Waals surface area contributed by atoms with Crippen LogP contribution in [0.4, 0.5) is 0 Å². The Balaban J connectivity index is 3.71. The van der Waals surface area contributed by atoms with Crippen molar-refractivity contribution in [1.82, 2.24) is 5.32 Å². The van der Waals surface area contributed by atoms with Crippen molar-refractivity contribution < 1.29 is 9.90 Å². The van der Waals surface area contributed by atoms with Crippen molar-refractivity contribution >= 4 is 5.91 Å². The number of aliphatic hydroxyl groups excluding tert-OH is 1. The molecule has 0 heterocycles. The lowest BCUT2D eigenvalue weighted by Gasteiger charge is -2.16. The second kappa shape index (κ2) is 6.86. The van der Waals surface area contributed by atoms with Crippen molar-refractivity contribution in [2.45, 2.75) is 45.2 Å². The van der Waals surface area contributed by atoms with Crippen LogP contribution in [0.2, 0.25) is 0 Å². The summed E-state index contributed by atoms with van der Waals surface area (Å²) < 4.78 is 0. The normalized spacial score (nSPS) is 15.1. The molecule has 13 heavy (non-hydrogen) atoms. The number of amides is 1. The zero-order valence-corrected chi connectivity index (χ0v) is 8.42. The molecule has 1 amide bonds. The third kappa shape index (κ3) is 5.60. The number of carbonyl (C=O) groups is 1. The van der Waals surface area contributed by atoms with Crippen LogP contribution < -0.4 is 11.1 Å². The zero-order valence-electron chi connectivity index (χ0n) is 8.42. The molecule has 0 fully saturated rings. The summed E-state index contributed by atoms with van der Waals surface area (Å²) in [7, 11) is 0. The van der Waals surface area contributed by atoms with E-state index in [-0.39, 0.29) is 18.6 Å². The standard InChI is InChI=1S/C9H20N2O2/c1-3-4-8(10)9(13)11-7(2)5-6-12/h7-8,12H,3-6,10H2,1-2H3,(H,11,13)/t7?,8-/m1/s1. The molecule has 0 aliphatic rings. The molecule has 0 saturated heterocycles. The molecule has 0 aromatic carbocycles. The summed E-state index contributed by atoms with van der Waals surface area (Å²) in [6.07, 6.45) is 2.19. The third-order valence-electron chi connectivity index (χ3n) is 1.89. The maximum atomic E-state index is 11.3. The van der Waals surface area contributed by atoms with E-state index in [9.17, 15) is 4.79 Å². The molecule has 0 aliphatic heterocycles. The van der Waals surface area contributed by atoms with Gasteiger partial charge in [-0.1, -0.05) is 13.3 Å². The van der Waals surface area contributed by atoms with Crippen molar-refractivity contribution in [2.75, 3.05) is 6.61 Å². The van der Waals surface area contributed by atoms with Crippen LogP contribution in [0.15, 0.2) is 0 Å². The molecule has 0 spiro atoms. The van der Waals surface area contributed by atoms with E-state index >= 15 is 0 Å². The minimum Gasteiger partial charge on any atom is -0.396 e. The summed E-state index contributed by atoms with van der Waals surface area (Å²) in [4.78, 5) is 11.3. The van der Waals surface area contributed by atoms with Gasteiger partial charge in [-0.05, 0) is 19.8 Å². The fourth-order valence-electron chi connectivity index (χ4n) is 1.06. The number of nitrogens with two attached hydrogens (primary N) is 1. The first kappa shape index (κ1) is 12.4. The average Bonchev–Trinajstić information content (AvgIpc) is 2.05. The van der Waals surface area contributed by atoms with Gasteiger partial charge in [0.25, 0.3) is 0 Å². The summed E-state index contributed by atoms with van der Waals surface area (Å²) in [6.45, 7) is 3.93. The number of nitrogens with one attached hydrogen (secondary N) is 1. The maximum Gasteiger partial charge on any atom is 0.237 e. The average molecular weight is 188 g/mol. The second-order valence-corrected chi connectivity index (χ2v) is 3.32. The van der Waals surface area contributed by atoms with Crippen molar-refractivity contribution in [2.24, 2.45) is 5.73 Å². The van der Waals surface area contributed by atoms with Gasteiger partial charge in [-0.15, -0.1) is 0 Å².